The lowest BCUT2D eigenvalue weighted by Crippen LogP contribution is -2.48. The normalized spacial score (nSPS) is 16.2. The minimum absolute atomic E-state index is 0.237. The van der Waals surface area contributed by atoms with Crippen LogP contribution in [0.15, 0.2) is 24.3 Å². The van der Waals surface area contributed by atoms with Crippen LogP contribution in [-0.2, 0) is 4.79 Å². The van der Waals surface area contributed by atoms with E-state index >= 15 is 0 Å². The van der Waals surface area contributed by atoms with Crippen molar-refractivity contribution in [1.82, 2.24) is 4.90 Å². The molecule has 2 rings (SSSR count). The second kappa shape index (κ2) is 3.44. The molecule has 0 aromatic heterocycles. The first-order valence-electron chi connectivity index (χ1n) is 4.72. The van der Waals surface area contributed by atoms with Crippen LogP contribution in [0.4, 0.5) is 0 Å². The van der Waals surface area contributed by atoms with Crippen molar-refractivity contribution < 1.29 is 19.5 Å². The number of benzene rings is 1. The van der Waals surface area contributed by atoms with Crippen LogP contribution in [0.25, 0.3) is 0 Å². The van der Waals surface area contributed by atoms with Gasteiger partial charge in [0.1, 0.15) is 0 Å². The number of hydrogen-bond acceptors (Lipinski definition) is 4. The molecule has 16 heavy (non-hydrogen) atoms. The fourth-order valence-corrected chi connectivity index (χ4v) is 1.67. The Labute approximate surface area is 91.3 Å². The SMILES string of the molecule is CC(C(=O)[O-])N1C(=O)c2ccccc2C1=O. The Hall–Kier alpha value is -2.17. The van der Waals surface area contributed by atoms with Gasteiger partial charge in [-0.15, -0.1) is 0 Å². The molecule has 0 aliphatic carbocycles. The van der Waals surface area contributed by atoms with Crippen molar-refractivity contribution in [2.45, 2.75) is 13.0 Å². The summed E-state index contributed by atoms with van der Waals surface area (Å²) in [5.74, 6) is -2.62. The van der Waals surface area contributed by atoms with Crippen LogP contribution >= 0.6 is 0 Å². The third kappa shape index (κ3) is 1.29. The highest BCUT2D eigenvalue weighted by molar-refractivity contribution is 6.22. The molecule has 0 spiro atoms. The monoisotopic (exact) mass is 218 g/mol. The zero-order valence-electron chi connectivity index (χ0n) is 8.47. The molecule has 1 atom stereocenters. The van der Waals surface area contributed by atoms with Crippen LogP contribution in [0.2, 0.25) is 0 Å². The number of carboxylic acid groups (broad SMARTS) is 1. The van der Waals surface area contributed by atoms with Gasteiger partial charge in [0.15, 0.2) is 0 Å². The molecule has 1 aromatic rings. The molecule has 1 unspecified atom stereocenters. The zero-order chi connectivity index (χ0) is 11.9. The van der Waals surface area contributed by atoms with E-state index in [9.17, 15) is 19.5 Å². The van der Waals surface area contributed by atoms with Crippen molar-refractivity contribution in [2.75, 3.05) is 0 Å². The van der Waals surface area contributed by atoms with Crippen molar-refractivity contribution in [3.05, 3.63) is 35.4 Å². The average molecular weight is 218 g/mol. The minimum Gasteiger partial charge on any atom is -0.548 e. The summed E-state index contributed by atoms with van der Waals surface area (Å²) < 4.78 is 0. The molecule has 5 nitrogen and oxygen atoms in total. The molecule has 1 aliphatic heterocycles. The number of carbonyl (C=O) groups is 3. The lowest BCUT2D eigenvalue weighted by atomic mass is 10.1. The van der Waals surface area contributed by atoms with E-state index in [1.807, 2.05) is 0 Å². The number of fused-ring (bicyclic) bond motifs is 1. The van der Waals surface area contributed by atoms with E-state index in [0.717, 1.165) is 0 Å². The van der Waals surface area contributed by atoms with Gasteiger partial charge in [-0.25, -0.2) is 0 Å². The van der Waals surface area contributed by atoms with E-state index < -0.39 is 23.8 Å². The van der Waals surface area contributed by atoms with E-state index in [0.29, 0.717) is 4.90 Å². The van der Waals surface area contributed by atoms with Crippen molar-refractivity contribution in [2.24, 2.45) is 0 Å². The Bertz CT molecular complexity index is 460. The Kier molecular flexibility index (Phi) is 2.23. The average Bonchev–Trinajstić information content (AvgIpc) is 2.52. The summed E-state index contributed by atoms with van der Waals surface area (Å²) in [6, 6.07) is 4.98. The quantitative estimate of drug-likeness (QED) is 0.622. The van der Waals surface area contributed by atoms with Gasteiger partial charge in [0, 0.05) is 0 Å². The second-order valence-corrected chi connectivity index (χ2v) is 3.52. The molecule has 1 heterocycles. The lowest BCUT2D eigenvalue weighted by molar-refractivity contribution is -0.309. The number of rotatable bonds is 2. The molecular weight excluding hydrogens is 210 g/mol. The molecule has 1 aromatic carbocycles. The van der Waals surface area contributed by atoms with Crippen LogP contribution in [0.3, 0.4) is 0 Å². The highest BCUT2D eigenvalue weighted by Gasteiger charge is 2.38. The van der Waals surface area contributed by atoms with Crippen LogP contribution in [-0.4, -0.2) is 28.7 Å². The molecule has 0 saturated carbocycles. The molecule has 82 valence electrons. The summed E-state index contributed by atoms with van der Waals surface area (Å²) in [5.41, 5.74) is 0.473. The summed E-state index contributed by atoms with van der Waals surface area (Å²) in [7, 11) is 0. The Morgan fingerprint density at radius 2 is 1.62 bits per heavy atom. The topological polar surface area (TPSA) is 77.5 Å². The number of imide groups is 1. The van der Waals surface area contributed by atoms with Gasteiger partial charge in [0.25, 0.3) is 11.8 Å². The summed E-state index contributed by atoms with van der Waals surface area (Å²) >= 11 is 0. The first-order valence-corrected chi connectivity index (χ1v) is 4.72. The third-order valence-corrected chi connectivity index (χ3v) is 2.55. The first kappa shape index (κ1) is 10.4. The van der Waals surface area contributed by atoms with Gasteiger partial charge in [-0.1, -0.05) is 12.1 Å². The maximum absolute atomic E-state index is 11.8. The van der Waals surface area contributed by atoms with Crippen LogP contribution in [0.5, 0.6) is 0 Å². The number of hydrogen-bond donors (Lipinski definition) is 0. The van der Waals surface area contributed by atoms with Gasteiger partial charge < -0.3 is 9.90 Å². The first-order chi connectivity index (χ1) is 7.54. The Balaban J connectivity index is 2.46. The maximum Gasteiger partial charge on any atom is 0.262 e. The standard InChI is InChI=1S/C11H9NO4/c1-6(11(15)16)12-9(13)7-4-2-3-5-8(7)10(12)14/h2-6H,1H3,(H,15,16)/p-1. The number of carbonyl (C=O) groups excluding carboxylic acids is 3. The number of nitrogens with zero attached hydrogens (tertiary/aromatic N) is 1. The Morgan fingerprint density at radius 3 is 2.00 bits per heavy atom. The molecule has 0 bridgehead atoms. The summed E-state index contributed by atoms with van der Waals surface area (Å²) in [6.45, 7) is 1.25. The van der Waals surface area contributed by atoms with Gasteiger partial charge >= 0.3 is 0 Å². The van der Waals surface area contributed by atoms with E-state index in [4.69, 9.17) is 0 Å². The van der Waals surface area contributed by atoms with Crippen molar-refractivity contribution >= 4 is 17.8 Å². The zero-order valence-corrected chi connectivity index (χ0v) is 8.47. The molecule has 5 heteroatoms. The van der Waals surface area contributed by atoms with Gasteiger partial charge in [0.05, 0.1) is 23.1 Å². The van der Waals surface area contributed by atoms with Gasteiger partial charge in [0.2, 0.25) is 0 Å². The van der Waals surface area contributed by atoms with Gasteiger partial charge in [-0.2, -0.15) is 0 Å². The van der Waals surface area contributed by atoms with E-state index in [2.05, 4.69) is 0 Å². The van der Waals surface area contributed by atoms with Crippen LogP contribution < -0.4 is 5.11 Å². The molecule has 2 amide bonds. The molecular formula is C11H8NO4-. The number of amides is 2. The predicted molar refractivity (Wildman–Crippen MR) is 51.4 cm³/mol. The minimum atomic E-state index is -1.45. The predicted octanol–water partition coefficient (Wildman–Crippen LogP) is -0.579. The third-order valence-electron chi connectivity index (χ3n) is 2.55. The van der Waals surface area contributed by atoms with Gasteiger partial charge in [-0.05, 0) is 19.1 Å². The number of aliphatic carboxylic acids is 1. The smallest absolute Gasteiger partial charge is 0.262 e. The van der Waals surface area contributed by atoms with Crippen molar-refractivity contribution in [1.29, 1.82) is 0 Å². The van der Waals surface area contributed by atoms with E-state index in [1.165, 1.54) is 19.1 Å². The fraction of sp³-hybridized carbons (Fsp3) is 0.182. The van der Waals surface area contributed by atoms with E-state index in [1.54, 1.807) is 12.1 Å². The summed E-state index contributed by atoms with van der Waals surface area (Å²) in [6.07, 6.45) is 0. The largest absolute Gasteiger partial charge is 0.548 e. The molecule has 0 fully saturated rings. The van der Waals surface area contributed by atoms with Crippen LogP contribution in [0, 0.1) is 0 Å². The number of carboxylic acids is 1. The van der Waals surface area contributed by atoms with E-state index in [-0.39, 0.29) is 11.1 Å². The molecule has 0 radical (unpaired) electrons. The molecule has 1 aliphatic rings. The van der Waals surface area contributed by atoms with Crippen molar-refractivity contribution in [3.63, 3.8) is 0 Å². The van der Waals surface area contributed by atoms with Gasteiger partial charge in [-0.3, -0.25) is 14.5 Å². The highest BCUT2D eigenvalue weighted by Crippen LogP contribution is 2.23. The Morgan fingerprint density at radius 1 is 1.19 bits per heavy atom. The lowest BCUT2D eigenvalue weighted by Gasteiger charge is -2.22. The summed E-state index contributed by atoms with van der Waals surface area (Å²) in [4.78, 5) is 34.9. The molecule has 0 saturated heterocycles. The van der Waals surface area contributed by atoms with Crippen molar-refractivity contribution in [3.8, 4) is 0 Å². The maximum atomic E-state index is 11.8. The second-order valence-electron chi connectivity index (χ2n) is 3.52. The highest BCUT2D eigenvalue weighted by atomic mass is 16.4. The summed E-state index contributed by atoms with van der Waals surface area (Å²) in [5, 5.41) is 10.7. The fourth-order valence-electron chi connectivity index (χ4n) is 1.67. The van der Waals surface area contributed by atoms with Crippen LogP contribution in [0.1, 0.15) is 27.6 Å². The molecule has 0 N–H and O–H groups in total.